The lowest BCUT2D eigenvalue weighted by atomic mass is 10.3. The van der Waals surface area contributed by atoms with E-state index in [1.165, 1.54) is 0 Å². The highest BCUT2D eigenvalue weighted by atomic mass is 35.5. The maximum Gasteiger partial charge on any atom is 0.328 e. The Kier molecular flexibility index (Phi) is 3.81. The van der Waals surface area contributed by atoms with Gasteiger partial charge < -0.3 is 9.30 Å². The van der Waals surface area contributed by atoms with Crippen molar-refractivity contribution in [3.8, 4) is 0 Å². The van der Waals surface area contributed by atoms with Crippen LogP contribution in [0.3, 0.4) is 0 Å². The number of hydrogen-bond donors (Lipinski definition) is 0. The molecule has 0 aliphatic carbocycles. The zero-order valence-corrected chi connectivity index (χ0v) is 11.0. The van der Waals surface area contributed by atoms with E-state index >= 15 is 0 Å². The molecule has 0 aliphatic rings. The number of pyridine rings is 1. The number of alkyl halides is 1. The van der Waals surface area contributed by atoms with Gasteiger partial charge in [0, 0.05) is 6.20 Å². The van der Waals surface area contributed by atoms with E-state index in [1.54, 1.807) is 30.8 Å². The summed E-state index contributed by atoms with van der Waals surface area (Å²) in [4.78, 5) is 20.2. The maximum absolute atomic E-state index is 11.8. The van der Waals surface area contributed by atoms with E-state index < -0.39 is 6.04 Å². The van der Waals surface area contributed by atoms with Gasteiger partial charge in [0.15, 0.2) is 0 Å². The summed E-state index contributed by atoms with van der Waals surface area (Å²) >= 11 is 5.87. The molecule has 2 rings (SSSR count). The van der Waals surface area contributed by atoms with Crippen LogP contribution in [-0.2, 0) is 15.4 Å². The van der Waals surface area contributed by atoms with Crippen molar-refractivity contribution < 1.29 is 9.53 Å². The first-order valence-electron chi connectivity index (χ1n) is 5.72. The molecule has 0 aromatic carbocycles. The standard InChI is InChI=1S/C12H14ClN3O2/c1-3-18-12(17)8(2)16-10-4-5-14-7-9(10)15-11(16)6-13/h4-5,7-8H,3,6H2,1-2H3. The van der Waals surface area contributed by atoms with Crippen LogP contribution in [-0.4, -0.2) is 27.1 Å². The van der Waals surface area contributed by atoms with Gasteiger partial charge in [0.25, 0.3) is 0 Å². The minimum absolute atomic E-state index is 0.235. The Labute approximate surface area is 110 Å². The van der Waals surface area contributed by atoms with Gasteiger partial charge in [-0.05, 0) is 19.9 Å². The number of imidazole rings is 1. The largest absolute Gasteiger partial charge is 0.464 e. The fraction of sp³-hybridized carbons (Fsp3) is 0.417. The number of ether oxygens (including phenoxy) is 1. The number of hydrogen-bond acceptors (Lipinski definition) is 4. The van der Waals surface area contributed by atoms with Crippen LogP contribution in [0, 0.1) is 0 Å². The third kappa shape index (κ3) is 2.18. The minimum Gasteiger partial charge on any atom is -0.464 e. The van der Waals surface area contributed by atoms with Gasteiger partial charge in [0.1, 0.15) is 17.4 Å². The third-order valence-corrected chi connectivity index (χ3v) is 2.94. The predicted molar refractivity (Wildman–Crippen MR) is 68.4 cm³/mol. The van der Waals surface area contributed by atoms with Crippen molar-refractivity contribution in [3.63, 3.8) is 0 Å². The van der Waals surface area contributed by atoms with Gasteiger partial charge in [-0.25, -0.2) is 9.78 Å². The lowest BCUT2D eigenvalue weighted by Crippen LogP contribution is -2.20. The fourth-order valence-electron chi connectivity index (χ4n) is 1.90. The first kappa shape index (κ1) is 12.8. The van der Waals surface area contributed by atoms with E-state index in [2.05, 4.69) is 9.97 Å². The first-order chi connectivity index (χ1) is 8.69. The summed E-state index contributed by atoms with van der Waals surface area (Å²) in [5, 5.41) is 0. The second kappa shape index (κ2) is 5.35. The lowest BCUT2D eigenvalue weighted by Gasteiger charge is -2.15. The van der Waals surface area contributed by atoms with E-state index in [0.717, 1.165) is 11.0 Å². The van der Waals surface area contributed by atoms with E-state index in [1.807, 2.05) is 6.07 Å². The molecule has 0 bridgehead atoms. The molecule has 0 N–H and O–H groups in total. The Bertz CT molecular complexity index is 567. The Balaban J connectivity index is 2.50. The van der Waals surface area contributed by atoms with Crippen LogP contribution >= 0.6 is 11.6 Å². The van der Waals surface area contributed by atoms with Crippen LogP contribution in [0.2, 0.25) is 0 Å². The number of carbonyl (C=O) groups excluding carboxylic acids is 1. The number of fused-ring (bicyclic) bond motifs is 1. The van der Waals surface area contributed by atoms with Crippen LogP contribution in [0.25, 0.3) is 11.0 Å². The quantitative estimate of drug-likeness (QED) is 0.630. The molecular formula is C12H14ClN3O2. The molecule has 0 radical (unpaired) electrons. The van der Waals surface area contributed by atoms with Gasteiger partial charge in [-0.15, -0.1) is 11.6 Å². The molecule has 0 amide bonds. The molecule has 18 heavy (non-hydrogen) atoms. The van der Waals surface area contributed by atoms with Gasteiger partial charge in [0.05, 0.1) is 24.2 Å². The molecule has 0 spiro atoms. The Morgan fingerprint density at radius 2 is 2.39 bits per heavy atom. The molecule has 1 atom stereocenters. The topological polar surface area (TPSA) is 57.0 Å². The van der Waals surface area contributed by atoms with Crippen molar-refractivity contribution in [1.82, 2.24) is 14.5 Å². The average Bonchev–Trinajstić information content (AvgIpc) is 2.76. The Hall–Kier alpha value is -1.62. The molecule has 0 fully saturated rings. The monoisotopic (exact) mass is 267 g/mol. The lowest BCUT2D eigenvalue weighted by molar-refractivity contribution is -0.146. The van der Waals surface area contributed by atoms with Gasteiger partial charge in [-0.3, -0.25) is 4.98 Å². The Morgan fingerprint density at radius 3 is 3.06 bits per heavy atom. The molecule has 2 aromatic rings. The summed E-state index contributed by atoms with van der Waals surface area (Å²) in [6.45, 7) is 3.91. The minimum atomic E-state index is -0.453. The number of esters is 1. The van der Waals surface area contributed by atoms with Crippen molar-refractivity contribution in [3.05, 3.63) is 24.3 Å². The Morgan fingerprint density at radius 1 is 1.61 bits per heavy atom. The number of aromatic nitrogens is 3. The van der Waals surface area contributed by atoms with E-state index in [4.69, 9.17) is 16.3 Å². The zero-order valence-electron chi connectivity index (χ0n) is 10.3. The van der Waals surface area contributed by atoms with E-state index in [0.29, 0.717) is 12.4 Å². The highest BCUT2D eigenvalue weighted by Crippen LogP contribution is 2.22. The molecule has 0 saturated heterocycles. The van der Waals surface area contributed by atoms with E-state index in [-0.39, 0.29) is 11.8 Å². The number of halogens is 1. The number of nitrogens with zero attached hydrogens (tertiary/aromatic N) is 3. The summed E-state index contributed by atoms with van der Waals surface area (Å²) in [6.07, 6.45) is 3.32. The molecule has 96 valence electrons. The summed E-state index contributed by atoms with van der Waals surface area (Å²) < 4.78 is 6.82. The van der Waals surface area contributed by atoms with Crippen LogP contribution < -0.4 is 0 Å². The van der Waals surface area contributed by atoms with Crippen molar-refractivity contribution in [2.45, 2.75) is 25.8 Å². The second-order valence-electron chi connectivity index (χ2n) is 3.82. The van der Waals surface area contributed by atoms with Gasteiger partial charge in [-0.2, -0.15) is 0 Å². The predicted octanol–water partition coefficient (Wildman–Crippen LogP) is 2.29. The van der Waals surface area contributed by atoms with Crippen LogP contribution in [0.5, 0.6) is 0 Å². The third-order valence-electron chi connectivity index (χ3n) is 2.70. The SMILES string of the molecule is CCOC(=O)C(C)n1c(CCl)nc2cnccc21. The first-order valence-corrected chi connectivity index (χ1v) is 6.26. The van der Waals surface area contributed by atoms with Crippen LogP contribution in [0.1, 0.15) is 25.7 Å². The van der Waals surface area contributed by atoms with Crippen molar-refractivity contribution in [2.24, 2.45) is 0 Å². The van der Waals surface area contributed by atoms with Gasteiger partial charge in [0.2, 0.25) is 0 Å². The molecule has 6 heteroatoms. The average molecular weight is 268 g/mol. The molecular weight excluding hydrogens is 254 g/mol. The second-order valence-corrected chi connectivity index (χ2v) is 4.09. The van der Waals surface area contributed by atoms with Gasteiger partial charge >= 0.3 is 5.97 Å². The van der Waals surface area contributed by atoms with Crippen molar-refractivity contribution in [2.75, 3.05) is 6.61 Å². The molecule has 0 saturated carbocycles. The number of rotatable bonds is 4. The summed E-state index contributed by atoms with van der Waals surface area (Å²) in [5.74, 6) is 0.582. The molecule has 2 aromatic heterocycles. The zero-order chi connectivity index (χ0) is 13.1. The molecule has 0 aliphatic heterocycles. The van der Waals surface area contributed by atoms with Crippen molar-refractivity contribution in [1.29, 1.82) is 0 Å². The summed E-state index contributed by atoms with van der Waals surface area (Å²) in [6, 6.07) is 1.36. The van der Waals surface area contributed by atoms with Crippen LogP contribution in [0.4, 0.5) is 0 Å². The summed E-state index contributed by atoms with van der Waals surface area (Å²) in [7, 11) is 0. The molecule has 5 nitrogen and oxygen atoms in total. The molecule has 1 unspecified atom stereocenters. The normalized spacial score (nSPS) is 12.6. The summed E-state index contributed by atoms with van der Waals surface area (Å²) in [5.41, 5.74) is 1.56. The van der Waals surface area contributed by atoms with E-state index in [9.17, 15) is 4.79 Å². The fourth-order valence-corrected chi connectivity index (χ4v) is 2.08. The smallest absolute Gasteiger partial charge is 0.328 e. The number of carbonyl (C=O) groups is 1. The van der Waals surface area contributed by atoms with Crippen LogP contribution in [0.15, 0.2) is 18.5 Å². The van der Waals surface area contributed by atoms with Crippen molar-refractivity contribution >= 4 is 28.6 Å². The molecule has 2 heterocycles. The highest BCUT2D eigenvalue weighted by Gasteiger charge is 2.21. The highest BCUT2D eigenvalue weighted by molar-refractivity contribution is 6.16. The maximum atomic E-state index is 11.8. The van der Waals surface area contributed by atoms with Gasteiger partial charge in [-0.1, -0.05) is 0 Å².